The zero-order valence-corrected chi connectivity index (χ0v) is 13.6. The van der Waals surface area contributed by atoms with Crippen molar-refractivity contribution >= 4 is 25.6 Å². The minimum atomic E-state index is -3.82. The second-order valence-electron chi connectivity index (χ2n) is 5.00. The van der Waals surface area contributed by atoms with Gasteiger partial charge in [-0.05, 0) is 38.0 Å². The molecule has 0 unspecified atom stereocenters. The van der Waals surface area contributed by atoms with E-state index >= 15 is 0 Å². The number of ether oxygens (including phenoxy) is 1. The molecule has 0 heterocycles. The number of halogens is 1. The molecule has 21 heavy (non-hydrogen) atoms. The highest BCUT2D eigenvalue weighted by molar-refractivity contribution is 8.13. The molecule has 0 atom stereocenters. The lowest BCUT2D eigenvalue weighted by Crippen LogP contribution is -2.34. The van der Waals surface area contributed by atoms with Crippen LogP contribution in [0, 0.1) is 0 Å². The predicted octanol–water partition coefficient (Wildman–Crippen LogP) is 2.18. The average molecular weight is 332 g/mol. The molecule has 0 saturated heterocycles. The van der Waals surface area contributed by atoms with Gasteiger partial charge in [0.2, 0.25) is 5.91 Å². The largest absolute Gasteiger partial charge is 0.496 e. The molecule has 1 aromatic rings. The molecule has 1 aliphatic carbocycles. The van der Waals surface area contributed by atoms with Crippen LogP contribution in [0.25, 0.3) is 0 Å². The second kappa shape index (κ2) is 6.23. The molecular weight excluding hydrogens is 314 g/mol. The monoisotopic (exact) mass is 331 g/mol. The van der Waals surface area contributed by atoms with Gasteiger partial charge < -0.3 is 9.64 Å². The van der Waals surface area contributed by atoms with Crippen molar-refractivity contribution in [1.29, 1.82) is 0 Å². The first kappa shape index (κ1) is 16.1. The second-order valence-corrected chi connectivity index (χ2v) is 7.57. The molecule has 1 aliphatic rings. The molecule has 0 spiro atoms. The summed E-state index contributed by atoms with van der Waals surface area (Å²) in [5.41, 5.74) is 0.531. The van der Waals surface area contributed by atoms with E-state index in [1.54, 1.807) is 0 Å². The summed E-state index contributed by atoms with van der Waals surface area (Å²) in [5, 5.41) is 0. The molecule has 0 aromatic heterocycles. The summed E-state index contributed by atoms with van der Waals surface area (Å²) in [4.78, 5) is 14.1. The molecule has 0 N–H and O–H groups in total. The number of hydrogen-bond acceptors (Lipinski definition) is 4. The molecule has 0 radical (unpaired) electrons. The Bertz CT molecular complexity index is 640. The first-order valence-corrected chi connectivity index (χ1v) is 9.08. The third-order valence-corrected chi connectivity index (χ3v) is 4.88. The van der Waals surface area contributed by atoms with Crippen molar-refractivity contribution in [3.05, 3.63) is 23.8 Å². The number of hydrogen-bond donors (Lipinski definition) is 0. The third-order valence-electron chi connectivity index (χ3n) is 3.52. The molecule has 116 valence electrons. The van der Waals surface area contributed by atoms with Crippen LogP contribution in [0.4, 0.5) is 0 Å². The van der Waals surface area contributed by atoms with E-state index in [1.165, 1.54) is 25.3 Å². The van der Waals surface area contributed by atoms with Crippen molar-refractivity contribution < 1.29 is 17.9 Å². The van der Waals surface area contributed by atoms with Gasteiger partial charge in [0.1, 0.15) is 5.75 Å². The van der Waals surface area contributed by atoms with Gasteiger partial charge in [0.05, 0.1) is 18.4 Å². The van der Waals surface area contributed by atoms with Crippen molar-refractivity contribution in [2.24, 2.45) is 0 Å². The fraction of sp³-hybridized carbons (Fsp3) is 0.500. The quantitative estimate of drug-likeness (QED) is 0.749. The van der Waals surface area contributed by atoms with Crippen LogP contribution in [0.1, 0.15) is 25.3 Å². The number of rotatable bonds is 6. The zero-order valence-electron chi connectivity index (χ0n) is 12.0. The van der Waals surface area contributed by atoms with E-state index in [4.69, 9.17) is 15.4 Å². The number of amides is 1. The fourth-order valence-corrected chi connectivity index (χ4v) is 3.14. The molecule has 5 nitrogen and oxygen atoms in total. The predicted molar refractivity (Wildman–Crippen MR) is 80.1 cm³/mol. The SMILES string of the molecule is CCN(C(=O)Cc1cc(S(=O)(=O)Cl)ccc1OC)C1CC1. The molecule has 1 amide bonds. The highest BCUT2D eigenvalue weighted by atomic mass is 35.7. The minimum absolute atomic E-state index is 0.0255. The minimum Gasteiger partial charge on any atom is -0.496 e. The van der Waals surface area contributed by atoms with Gasteiger partial charge in [-0.3, -0.25) is 4.79 Å². The van der Waals surface area contributed by atoms with Crippen molar-refractivity contribution in [1.82, 2.24) is 4.90 Å². The first-order valence-electron chi connectivity index (χ1n) is 6.78. The first-order chi connectivity index (χ1) is 9.86. The lowest BCUT2D eigenvalue weighted by molar-refractivity contribution is -0.130. The standard InChI is InChI=1S/C14H18ClNO4S/c1-3-16(11-4-5-11)14(17)9-10-8-12(21(15,18)19)6-7-13(10)20-2/h6-8,11H,3-5,9H2,1-2H3. The van der Waals surface area contributed by atoms with E-state index in [9.17, 15) is 13.2 Å². The average Bonchev–Trinajstić information content (AvgIpc) is 3.23. The van der Waals surface area contributed by atoms with Gasteiger partial charge in [-0.15, -0.1) is 0 Å². The molecule has 1 fully saturated rings. The molecular formula is C14H18ClNO4S. The van der Waals surface area contributed by atoms with Crippen molar-refractivity contribution in [3.63, 3.8) is 0 Å². The number of carbonyl (C=O) groups excluding carboxylic acids is 1. The van der Waals surface area contributed by atoms with Crippen LogP contribution in [-0.2, 0) is 20.3 Å². The van der Waals surface area contributed by atoms with Gasteiger partial charge >= 0.3 is 0 Å². The summed E-state index contributed by atoms with van der Waals surface area (Å²) in [6.45, 7) is 2.59. The van der Waals surface area contributed by atoms with Crippen LogP contribution < -0.4 is 4.74 Å². The van der Waals surface area contributed by atoms with E-state index in [-0.39, 0.29) is 17.2 Å². The number of nitrogens with zero attached hydrogens (tertiary/aromatic N) is 1. The molecule has 0 aliphatic heterocycles. The Morgan fingerprint density at radius 3 is 2.57 bits per heavy atom. The van der Waals surface area contributed by atoms with Gasteiger partial charge in [-0.25, -0.2) is 8.42 Å². The molecule has 0 bridgehead atoms. The molecule has 1 aromatic carbocycles. The van der Waals surface area contributed by atoms with Crippen LogP contribution in [0.5, 0.6) is 5.75 Å². The van der Waals surface area contributed by atoms with Gasteiger partial charge in [0.25, 0.3) is 9.05 Å². The van der Waals surface area contributed by atoms with Gasteiger partial charge in [-0.2, -0.15) is 0 Å². The van der Waals surface area contributed by atoms with Gasteiger partial charge in [0.15, 0.2) is 0 Å². The van der Waals surface area contributed by atoms with E-state index in [0.717, 1.165) is 12.8 Å². The van der Waals surface area contributed by atoms with E-state index < -0.39 is 9.05 Å². The lowest BCUT2D eigenvalue weighted by atomic mass is 10.1. The van der Waals surface area contributed by atoms with E-state index in [2.05, 4.69) is 0 Å². The summed E-state index contributed by atoms with van der Waals surface area (Å²) in [7, 11) is 3.01. The maximum absolute atomic E-state index is 12.3. The Kier molecular flexibility index (Phi) is 4.78. The third kappa shape index (κ3) is 3.89. The Hall–Kier alpha value is -1.27. The Labute approximate surface area is 129 Å². The van der Waals surface area contributed by atoms with Crippen molar-refractivity contribution in [2.45, 2.75) is 37.1 Å². The lowest BCUT2D eigenvalue weighted by Gasteiger charge is -2.21. The maximum atomic E-state index is 12.3. The van der Waals surface area contributed by atoms with Crippen LogP contribution >= 0.6 is 10.7 Å². The maximum Gasteiger partial charge on any atom is 0.261 e. The molecule has 7 heteroatoms. The zero-order chi connectivity index (χ0) is 15.6. The number of benzene rings is 1. The van der Waals surface area contributed by atoms with E-state index in [0.29, 0.717) is 23.9 Å². The topological polar surface area (TPSA) is 63.7 Å². The molecule has 2 rings (SSSR count). The molecule has 1 saturated carbocycles. The van der Waals surface area contributed by atoms with Gasteiger partial charge in [0, 0.05) is 28.8 Å². The Balaban J connectivity index is 2.26. The Morgan fingerprint density at radius 1 is 1.43 bits per heavy atom. The highest BCUT2D eigenvalue weighted by Crippen LogP contribution is 2.29. The summed E-state index contributed by atoms with van der Waals surface area (Å²) >= 11 is 0. The van der Waals surface area contributed by atoms with Crippen LogP contribution in [0.3, 0.4) is 0 Å². The van der Waals surface area contributed by atoms with Crippen LogP contribution in [0.2, 0.25) is 0 Å². The summed E-state index contributed by atoms with van der Waals surface area (Å²) in [6.07, 6.45) is 2.17. The summed E-state index contributed by atoms with van der Waals surface area (Å²) in [5.74, 6) is 0.460. The number of likely N-dealkylation sites (N-methyl/N-ethyl adjacent to an activating group) is 1. The summed E-state index contributed by atoms with van der Waals surface area (Å²) in [6, 6.07) is 4.62. The van der Waals surface area contributed by atoms with E-state index in [1.807, 2.05) is 11.8 Å². The highest BCUT2D eigenvalue weighted by Gasteiger charge is 2.31. The van der Waals surface area contributed by atoms with Crippen LogP contribution in [0.15, 0.2) is 23.1 Å². The van der Waals surface area contributed by atoms with Crippen molar-refractivity contribution in [3.8, 4) is 5.75 Å². The van der Waals surface area contributed by atoms with Gasteiger partial charge in [-0.1, -0.05) is 0 Å². The Morgan fingerprint density at radius 2 is 2.10 bits per heavy atom. The normalized spacial score (nSPS) is 14.8. The number of methoxy groups -OCH3 is 1. The van der Waals surface area contributed by atoms with Crippen molar-refractivity contribution in [2.75, 3.05) is 13.7 Å². The smallest absolute Gasteiger partial charge is 0.261 e. The summed E-state index contributed by atoms with van der Waals surface area (Å²) < 4.78 is 28.0. The number of carbonyl (C=O) groups is 1. The van der Waals surface area contributed by atoms with Crippen LogP contribution in [-0.4, -0.2) is 38.9 Å². The fourth-order valence-electron chi connectivity index (χ4n) is 2.33.